The van der Waals surface area contributed by atoms with Crippen molar-refractivity contribution in [2.45, 2.75) is 50.9 Å². The summed E-state index contributed by atoms with van der Waals surface area (Å²) in [6, 6.07) is 3.59. The van der Waals surface area contributed by atoms with Gasteiger partial charge in [-0.15, -0.1) is 0 Å². The van der Waals surface area contributed by atoms with Gasteiger partial charge in [0.25, 0.3) is 0 Å². The lowest BCUT2D eigenvalue weighted by Gasteiger charge is -2.20. The summed E-state index contributed by atoms with van der Waals surface area (Å²) >= 11 is 0. The van der Waals surface area contributed by atoms with Crippen molar-refractivity contribution in [3.05, 3.63) is 23.7 Å². The van der Waals surface area contributed by atoms with E-state index in [0.29, 0.717) is 0 Å². The third-order valence-corrected chi connectivity index (χ3v) is 3.99. The molecular weight excluding hydrogens is 240 g/mol. The van der Waals surface area contributed by atoms with E-state index in [9.17, 15) is 0 Å². The second kappa shape index (κ2) is 6.07. The summed E-state index contributed by atoms with van der Waals surface area (Å²) in [5, 5.41) is 3.56. The minimum absolute atomic E-state index is 0.740. The first-order valence-corrected chi connectivity index (χ1v) is 7.38. The third kappa shape index (κ3) is 3.81. The molecule has 0 radical (unpaired) electrons. The Bertz CT molecular complexity index is 397. The highest BCUT2D eigenvalue weighted by molar-refractivity contribution is 5.17. The van der Waals surface area contributed by atoms with Gasteiger partial charge in [-0.05, 0) is 31.7 Å². The van der Waals surface area contributed by atoms with E-state index in [1.807, 2.05) is 6.26 Å². The maximum absolute atomic E-state index is 5.68. The Balaban J connectivity index is 1.55. The Morgan fingerprint density at radius 2 is 2.21 bits per heavy atom. The van der Waals surface area contributed by atoms with Crippen molar-refractivity contribution in [2.24, 2.45) is 0 Å². The monoisotopic (exact) mass is 264 g/mol. The Morgan fingerprint density at radius 1 is 1.37 bits per heavy atom. The molecule has 2 aliphatic carbocycles. The minimum Gasteiger partial charge on any atom is -0.468 e. The van der Waals surface area contributed by atoms with Crippen molar-refractivity contribution < 1.29 is 9.15 Å². The largest absolute Gasteiger partial charge is 0.468 e. The second-order valence-electron chi connectivity index (χ2n) is 5.72. The minimum atomic E-state index is 0.740. The molecule has 0 saturated heterocycles. The maximum atomic E-state index is 5.68. The van der Waals surface area contributed by atoms with Crippen LogP contribution >= 0.6 is 0 Å². The molecule has 1 aromatic heterocycles. The smallest absolute Gasteiger partial charge is 0.122 e. The summed E-state index contributed by atoms with van der Waals surface area (Å²) in [4.78, 5) is 2.49. The van der Waals surface area contributed by atoms with Crippen LogP contribution < -0.4 is 5.32 Å². The summed E-state index contributed by atoms with van der Waals surface area (Å²) in [5.41, 5.74) is 1.31. The lowest BCUT2D eigenvalue weighted by Crippen LogP contribution is -2.29. The van der Waals surface area contributed by atoms with E-state index >= 15 is 0 Å². The first-order chi connectivity index (χ1) is 9.36. The predicted octanol–water partition coefficient (Wildman–Crippen LogP) is 2.14. The molecule has 0 unspecified atom stereocenters. The Hall–Kier alpha value is -0.840. The van der Waals surface area contributed by atoms with Crippen LogP contribution in [0.2, 0.25) is 0 Å². The predicted molar refractivity (Wildman–Crippen MR) is 73.9 cm³/mol. The van der Waals surface area contributed by atoms with Crippen molar-refractivity contribution in [3.8, 4) is 0 Å². The average molecular weight is 264 g/mol. The Kier molecular flexibility index (Phi) is 4.21. The second-order valence-corrected chi connectivity index (χ2v) is 5.72. The van der Waals surface area contributed by atoms with Crippen LogP contribution in [0.4, 0.5) is 0 Å². The molecule has 4 nitrogen and oxygen atoms in total. The maximum Gasteiger partial charge on any atom is 0.122 e. The van der Waals surface area contributed by atoms with Crippen molar-refractivity contribution in [2.75, 3.05) is 20.3 Å². The van der Waals surface area contributed by atoms with Gasteiger partial charge in [0.15, 0.2) is 0 Å². The van der Waals surface area contributed by atoms with Crippen LogP contribution in [0.15, 0.2) is 16.7 Å². The van der Waals surface area contributed by atoms with Crippen LogP contribution in [0.1, 0.15) is 37.0 Å². The fourth-order valence-electron chi connectivity index (χ4n) is 2.43. The molecule has 0 spiro atoms. The standard InChI is InChI=1S/C15H24N2O2/c1-18-9-7-17(14-4-5-14)11-15-12(6-8-19-15)10-16-13-2-3-13/h6,8,13-14,16H,2-5,7,9-11H2,1H3. The van der Waals surface area contributed by atoms with Gasteiger partial charge in [0, 0.05) is 37.8 Å². The number of ether oxygens (including phenoxy) is 1. The van der Waals surface area contributed by atoms with Gasteiger partial charge in [-0.3, -0.25) is 4.90 Å². The number of methoxy groups -OCH3 is 1. The topological polar surface area (TPSA) is 37.6 Å². The van der Waals surface area contributed by atoms with E-state index < -0.39 is 0 Å². The lowest BCUT2D eigenvalue weighted by atomic mass is 10.2. The van der Waals surface area contributed by atoms with Gasteiger partial charge in [0.05, 0.1) is 19.4 Å². The Labute approximate surface area is 115 Å². The molecule has 2 fully saturated rings. The van der Waals surface area contributed by atoms with Gasteiger partial charge >= 0.3 is 0 Å². The van der Waals surface area contributed by atoms with E-state index in [-0.39, 0.29) is 0 Å². The van der Waals surface area contributed by atoms with E-state index in [2.05, 4.69) is 16.3 Å². The van der Waals surface area contributed by atoms with Gasteiger partial charge in [-0.25, -0.2) is 0 Å². The zero-order valence-corrected chi connectivity index (χ0v) is 11.7. The highest BCUT2D eigenvalue weighted by atomic mass is 16.5. The molecular formula is C15H24N2O2. The molecule has 1 N–H and O–H groups in total. The van der Waals surface area contributed by atoms with E-state index in [0.717, 1.165) is 44.1 Å². The summed E-state index contributed by atoms with van der Waals surface area (Å²) in [5.74, 6) is 1.12. The van der Waals surface area contributed by atoms with Crippen LogP contribution in [0.25, 0.3) is 0 Å². The summed E-state index contributed by atoms with van der Waals surface area (Å²) in [7, 11) is 1.77. The molecule has 19 heavy (non-hydrogen) atoms. The van der Waals surface area contributed by atoms with Gasteiger partial charge in [-0.1, -0.05) is 0 Å². The molecule has 0 atom stereocenters. The van der Waals surface area contributed by atoms with Crippen molar-refractivity contribution in [1.29, 1.82) is 0 Å². The summed E-state index contributed by atoms with van der Waals surface area (Å²) < 4.78 is 10.9. The normalized spacial score (nSPS) is 19.3. The summed E-state index contributed by atoms with van der Waals surface area (Å²) in [6.07, 6.45) is 7.12. The van der Waals surface area contributed by atoms with Crippen molar-refractivity contribution in [1.82, 2.24) is 10.2 Å². The number of hydrogen-bond acceptors (Lipinski definition) is 4. The number of furan rings is 1. The molecule has 2 saturated carbocycles. The van der Waals surface area contributed by atoms with Crippen LogP contribution in [-0.2, 0) is 17.8 Å². The molecule has 4 heteroatoms. The fourth-order valence-corrected chi connectivity index (χ4v) is 2.43. The van der Waals surface area contributed by atoms with E-state index in [1.165, 1.54) is 31.2 Å². The van der Waals surface area contributed by atoms with Gasteiger partial charge in [-0.2, -0.15) is 0 Å². The van der Waals surface area contributed by atoms with Crippen molar-refractivity contribution in [3.63, 3.8) is 0 Å². The third-order valence-electron chi connectivity index (χ3n) is 3.99. The molecule has 106 valence electrons. The molecule has 0 aromatic carbocycles. The zero-order valence-electron chi connectivity index (χ0n) is 11.7. The van der Waals surface area contributed by atoms with E-state index in [4.69, 9.17) is 9.15 Å². The number of nitrogens with one attached hydrogen (secondary N) is 1. The fraction of sp³-hybridized carbons (Fsp3) is 0.733. The SMILES string of the molecule is COCCN(Cc1occc1CNC1CC1)C1CC1. The van der Waals surface area contributed by atoms with Crippen LogP contribution in [0.3, 0.4) is 0 Å². The number of nitrogens with zero attached hydrogens (tertiary/aromatic N) is 1. The van der Waals surface area contributed by atoms with Crippen LogP contribution in [-0.4, -0.2) is 37.2 Å². The van der Waals surface area contributed by atoms with Crippen LogP contribution in [0, 0.1) is 0 Å². The van der Waals surface area contributed by atoms with Gasteiger partial charge in [0.1, 0.15) is 5.76 Å². The molecule has 1 aromatic rings. The lowest BCUT2D eigenvalue weighted by molar-refractivity contribution is 0.134. The molecule has 1 heterocycles. The molecule has 0 amide bonds. The number of rotatable bonds is 9. The first-order valence-electron chi connectivity index (χ1n) is 7.38. The van der Waals surface area contributed by atoms with E-state index in [1.54, 1.807) is 7.11 Å². The molecule has 0 aliphatic heterocycles. The van der Waals surface area contributed by atoms with Gasteiger partial charge in [0.2, 0.25) is 0 Å². The zero-order chi connectivity index (χ0) is 13.1. The highest BCUT2D eigenvalue weighted by Crippen LogP contribution is 2.29. The Morgan fingerprint density at radius 3 is 2.89 bits per heavy atom. The highest BCUT2D eigenvalue weighted by Gasteiger charge is 2.30. The van der Waals surface area contributed by atoms with Gasteiger partial charge < -0.3 is 14.5 Å². The molecule has 0 bridgehead atoms. The average Bonchev–Trinajstić information content (AvgIpc) is 3.32. The molecule has 2 aliphatic rings. The molecule has 3 rings (SSSR count). The summed E-state index contributed by atoms with van der Waals surface area (Å²) in [6.45, 7) is 3.66. The van der Waals surface area contributed by atoms with Crippen molar-refractivity contribution >= 4 is 0 Å². The first kappa shape index (κ1) is 13.2. The quantitative estimate of drug-likeness (QED) is 0.741. The van der Waals surface area contributed by atoms with Crippen LogP contribution in [0.5, 0.6) is 0 Å². The number of hydrogen-bond donors (Lipinski definition) is 1.